The maximum atomic E-state index is 12.1. The highest BCUT2D eigenvalue weighted by Crippen LogP contribution is 2.78. The molecule has 5 saturated carbocycles. The number of methoxy groups -OCH3 is 1. The highest BCUT2D eigenvalue weighted by atomic mass is 16.5. The summed E-state index contributed by atoms with van der Waals surface area (Å²) in [7, 11) is 1.73. The Kier molecular flexibility index (Phi) is 3.33. The van der Waals surface area contributed by atoms with Crippen LogP contribution in [0.15, 0.2) is 0 Å². The Morgan fingerprint density at radius 3 is 2.67 bits per heavy atom. The Balaban J connectivity index is 1.59. The Morgan fingerprint density at radius 1 is 1.19 bits per heavy atom. The number of nitrogens with zero attached hydrogens (tertiary/aromatic N) is 1. The smallest absolute Gasteiger partial charge is 0.0771 e. The Hall–Kier alpha value is -0.200. The van der Waals surface area contributed by atoms with Gasteiger partial charge in [-0.25, -0.2) is 0 Å². The van der Waals surface area contributed by atoms with Crippen molar-refractivity contribution in [3.63, 3.8) is 0 Å². The van der Waals surface area contributed by atoms with Crippen LogP contribution in [0.3, 0.4) is 0 Å². The molecule has 152 valence electrons. The molecule has 3 N–H and O–H groups in total. The van der Waals surface area contributed by atoms with Crippen LogP contribution in [0.1, 0.15) is 46.0 Å². The predicted molar refractivity (Wildman–Crippen MR) is 99.9 cm³/mol. The van der Waals surface area contributed by atoms with Gasteiger partial charge in [-0.2, -0.15) is 0 Å². The lowest BCUT2D eigenvalue weighted by Gasteiger charge is -2.68. The fourth-order valence-electron chi connectivity index (χ4n) is 10.1. The number of hydrogen-bond acceptors (Lipinski definition) is 5. The van der Waals surface area contributed by atoms with Crippen LogP contribution in [0.25, 0.3) is 0 Å². The molecular weight excluding hydrogens is 342 g/mol. The minimum atomic E-state index is -0.858. The number of aliphatic hydroxyl groups excluding tert-OH is 2. The third-order valence-electron chi connectivity index (χ3n) is 10.7. The zero-order valence-corrected chi connectivity index (χ0v) is 16.8. The van der Waals surface area contributed by atoms with Gasteiger partial charge in [0.25, 0.3) is 0 Å². The number of fused-ring (bicyclic) bond motifs is 2. The summed E-state index contributed by atoms with van der Waals surface area (Å²) in [6.45, 7) is 6.74. The van der Waals surface area contributed by atoms with Gasteiger partial charge < -0.3 is 20.1 Å². The molecule has 27 heavy (non-hydrogen) atoms. The second kappa shape index (κ2) is 5.10. The van der Waals surface area contributed by atoms with Crippen molar-refractivity contribution in [3.05, 3.63) is 0 Å². The zero-order chi connectivity index (χ0) is 18.9. The molecule has 10 unspecified atom stereocenters. The monoisotopic (exact) mass is 377 g/mol. The van der Waals surface area contributed by atoms with Crippen molar-refractivity contribution in [3.8, 4) is 0 Å². The summed E-state index contributed by atoms with van der Waals surface area (Å²) in [6.07, 6.45) is 3.66. The summed E-state index contributed by atoms with van der Waals surface area (Å²) in [5.41, 5.74) is -0.788. The summed E-state index contributed by atoms with van der Waals surface area (Å²) in [5.74, 6) is 0.840. The van der Waals surface area contributed by atoms with Gasteiger partial charge in [-0.05, 0) is 49.5 Å². The van der Waals surface area contributed by atoms with E-state index in [-0.39, 0.29) is 52.8 Å². The Morgan fingerprint density at radius 2 is 1.96 bits per heavy atom. The molecule has 5 aliphatic carbocycles. The second-order valence-electron chi connectivity index (χ2n) is 11.1. The van der Waals surface area contributed by atoms with E-state index >= 15 is 0 Å². The van der Waals surface area contributed by atoms with E-state index in [0.717, 1.165) is 38.8 Å². The number of ether oxygens (including phenoxy) is 1. The van der Waals surface area contributed by atoms with Gasteiger partial charge in [-0.15, -0.1) is 0 Å². The average molecular weight is 378 g/mol. The van der Waals surface area contributed by atoms with Gasteiger partial charge in [0, 0.05) is 49.3 Å². The topological polar surface area (TPSA) is 73.2 Å². The van der Waals surface area contributed by atoms with Crippen molar-refractivity contribution in [1.29, 1.82) is 0 Å². The van der Waals surface area contributed by atoms with Crippen LogP contribution in [0, 0.1) is 40.4 Å². The summed E-state index contributed by atoms with van der Waals surface area (Å²) in [6, 6.07) is 0.253. The van der Waals surface area contributed by atoms with Crippen LogP contribution in [0.5, 0.6) is 0 Å². The number of aliphatic hydroxyl groups is 3. The third kappa shape index (κ3) is 1.66. The molecule has 1 saturated heterocycles. The molecule has 0 radical (unpaired) electrons. The second-order valence-corrected chi connectivity index (χ2v) is 11.1. The predicted octanol–water partition coefficient (Wildman–Crippen LogP) is 1.25. The van der Waals surface area contributed by atoms with Gasteiger partial charge >= 0.3 is 0 Å². The van der Waals surface area contributed by atoms with Crippen LogP contribution >= 0.6 is 0 Å². The minimum Gasteiger partial charge on any atom is -0.392 e. The van der Waals surface area contributed by atoms with E-state index in [1.54, 1.807) is 7.11 Å². The van der Waals surface area contributed by atoms with Gasteiger partial charge in [-0.1, -0.05) is 13.8 Å². The molecule has 12 atom stereocenters. The van der Waals surface area contributed by atoms with Crippen LogP contribution in [0.2, 0.25) is 0 Å². The lowest BCUT2D eigenvalue weighted by molar-refractivity contribution is -0.266. The standard InChI is InChI=1S/C22H35NO4/c1-4-23-10-20(2)6-5-16(24)22-12-7-11-14(27-3)9-21(26,17(12)18(11)25)13(19(22)23)8-15(20)22/h11-19,24-26H,4-10H2,1-3H3/t11?,12?,13?,14-,15?,16?,17?,18?,19?,20?,21-,22?/m0/s1. The van der Waals surface area contributed by atoms with Crippen molar-refractivity contribution in [2.75, 3.05) is 20.2 Å². The third-order valence-corrected chi connectivity index (χ3v) is 10.7. The highest BCUT2D eigenvalue weighted by Gasteiger charge is 2.82. The first-order valence-electron chi connectivity index (χ1n) is 11.2. The molecule has 6 fully saturated rings. The highest BCUT2D eigenvalue weighted by molar-refractivity contribution is 5.32. The molecule has 7 bridgehead atoms. The van der Waals surface area contributed by atoms with Crippen molar-refractivity contribution < 1.29 is 20.1 Å². The Labute approximate surface area is 162 Å². The Bertz CT molecular complexity index is 673. The van der Waals surface area contributed by atoms with Crippen molar-refractivity contribution >= 4 is 0 Å². The molecule has 6 rings (SSSR count). The van der Waals surface area contributed by atoms with E-state index in [2.05, 4.69) is 18.7 Å². The molecule has 6 aliphatic rings. The van der Waals surface area contributed by atoms with E-state index in [9.17, 15) is 15.3 Å². The fourth-order valence-corrected chi connectivity index (χ4v) is 10.1. The van der Waals surface area contributed by atoms with Gasteiger partial charge in [0.2, 0.25) is 0 Å². The van der Waals surface area contributed by atoms with Gasteiger partial charge in [0.15, 0.2) is 0 Å². The molecule has 1 spiro atoms. The fraction of sp³-hybridized carbons (Fsp3) is 1.00. The molecule has 0 aromatic rings. The number of likely N-dealkylation sites (tertiary alicyclic amines) is 1. The largest absolute Gasteiger partial charge is 0.392 e. The van der Waals surface area contributed by atoms with Crippen molar-refractivity contribution in [2.24, 2.45) is 40.4 Å². The maximum Gasteiger partial charge on any atom is 0.0771 e. The van der Waals surface area contributed by atoms with Crippen molar-refractivity contribution in [2.45, 2.75) is 75.9 Å². The molecule has 0 amide bonds. The lowest BCUT2D eigenvalue weighted by Crippen LogP contribution is -2.75. The number of rotatable bonds is 2. The van der Waals surface area contributed by atoms with Gasteiger partial charge in [-0.3, -0.25) is 4.90 Å². The number of hydrogen-bond donors (Lipinski definition) is 3. The van der Waals surface area contributed by atoms with E-state index < -0.39 is 11.7 Å². The molecule has 1 heterocycles. The van der Waals surface area contributed by atoms with E-state index in [1.807, 2.05) is 0 Å². The van der Waals surface area contributed by atoms with Crippen molar-refractivity contribution in [1.82, 2.24) is 4.90 Å². The molecule has 0 aromatic carbocycles. The summed E-state index contributed by atoms with van der Waals surface area (Å²) < 4.78 is 5.79. The molecule has 0 aromatic heterocycles. The zero-order valence-electron chi connectivity index (χ0n) is 16.8. The summed E-state index contributed by atoms with van der Waals surface area (Å²) in [4.78, 5) is 2.60. The number of piperidine rings is 1. The molecule has 1 aliphatic heterocycles. The van der Waals surface area contributed by atoms with E-state index in [0.29, 0.717) is 12.3 Å². The summed E-state index contributed by atoms with van der Waals surface area (Å²) >= 11 is 0. The quantitative estimate of drug-likeness (QED) is 0.676. The molecular formula is C22H35NO4. The maximum absolute atomic E-state index is 12.1. The van der Waals surface area contributed by atoms with Crippen LogP contribution in [-0.4, -0.2) is 70.4 Å². The van der Waals surface area contributed by atoms with E-state index in [1.165, 1.54) is 0 Å². The first kappa shape index (κ1) is 17.6. The first-order valence-corrected chi connectivity index (χ1v) is 11.2. The van der Waals surface area contributed by atoms with Crippen LogP contribution < -0.4 is 0 Å². The molecule has 5 nitrogen and oxygen atoms in total. The lowest BCUT2D eigenvalue weighted by atomic mass is 9.43. The SMILES string of the molecule is CCN1CC2(C)CCC(O)C34C5CC6C(O)C5[C@](O)(C[C@@H]6OC)C(CC23)C14. The van der Waals surface area contributed by atoms with Gasteiger partial charge in [0.1, 0.15) is 0 Å². The first-order chi connectivity index (χ1) is 12.8. The van der Waals surface area contributed by atoms with E-state index in [4.69, 9.17) is 4.74 Å². The van der Waals surface area contributed by atoms with Crippen LogP contribution in [-0.2, 0) is 4.74 Å². The minimum absolute atomic E-state index is 0.0657. The molecule has 5 heteroatoms. The van der Waals surface area contributed by atoms with Gasteiger partial charge in [0.05, 0.1) is 23.9 Å². The summed E-state index contributed by atoms with van der Waals surface area (Å²) in [5, 5.41) is 34.9. The normalized spacial score (nSPS) is 66.2. The average Bonchev–Trinajstić information content (AvgIpc) is 3.07. The van der Waals surface area contributed by atoms with Crippen LogP contribution in [0.4, 0.5) is 0 Å².